The molecule has 0 fully saturated rings. The van der Waals surface area contributed by atoms with E-state index in [1.54, 1.807) is 29.9 Å². The summed E-state index contributed by atoms with van der Waals surface area (Å²) in [7, 11) is 0. The molecule has 0 aliphatic rings. The fraction of sp³-hybridized carbons (Fsp3) is 0.133. The maximum absolute atomic E-state index is 12.2. The van der Waals surface area contributed by atoms with Crippen LogP contribution >= 0.6 is 0 Å². The minimum atomic E-state index is -0.396. The second-order valence-corrected chi connectivity index (χ2v) is 4.20. The van der Waals surface area contributed by atoms with Crippen LogP contribution in [-0.2, 0) is 4.74 Å². The number of carbonyl (C=O) groups is 1. The van der Waals surface area contributed by atoms with Crippen molar-refractivity contribution in [1.82, 2.24) is 14.4 Å². The van der Waals surface area contributed by atoms with Crippen LogP contribution in [0.4, 0.5) is 0 Å². The summed E-state index contributed by atoms with van der Waals surface area (Å²) in [6.07, 6.45) is 3.22. The van der Waals surface area contributed by atoms with Crippen molar-refractivity contribution in [3.8, 4) is 11.3 Å². The number of fused-ring (bicyclic) bond motifs is 1. The van der Waals surface area contributed by atoms with Crippen molar-refractivity contribution in [1.29, 1.82) is 0 Å². The van der Waals surface area contributed by atoms with E-state index < -0.39 is 5.97 Å². The third-order valence-electron chi connectivity index (χ3n) is 2.95. The van der Waals surface area contributed by atoms with Crippen LogP contribution < -0.4 is 0 Å². The molecule has 3 aromatic rings. The number of esters is 1. The quantitative estimate of drug-likeness (QED) is 0.684. The number of imidazole rings is 1. The minimum Gasteiger partial charge on any atom is -0.461 e. The van der Waals surface area contributed by atoms with Crippen LogP contribution in [-0.4, -0.2) is 26.9 Å². The molecule has 0 saturated heterocycles. The van der Waals surface area contributed by atoms with E-state index in [1.807, 2.05) is 30.3 Å². The van der Waals surface area contributed by atoms with Gasteiger partial charge in [-0.05, 0) is 13.0 Å². The van der Waals surface area contributed by atoms with Crippen LogP contribution in [0.1, 0.15) is 17.4 Å². The zero-order valence-electron chi connectivity index (χ0n) is 11.0. The van der Waals surface area contributed by atoms with Gasteiger partial charge in [-0.15, -0.1) is 0 Å². The van der Waals surface area contributed by atoms with E-state index in [-0.39, 0.29) is 0 Å². The van der Waals surface area contributed by atoms with Crippen LogP contribution in [0.5, 0.6) is 0 Å². The molecule has 0 unspecified atom stereocenters. The van der Waals surface area contributed by atoms with Gasteiger partial charge < -0.3 is 4.74 Å². The van der Waals surface area contributed by atoms with Gasteiger partial charge in [-0.1, -0.05) is 30.3 Å². The molecule has 1 aromatic carbocycles. The first-order valence-corrected chi connectivity index (χ1v) is 6.36. The topological polar surface area (TPSA) is 56.5 Å². The van der Waals surface area contributed by atoms with Gasteiger partial charge in [0.1, 0.15) is 17.7 Å². The molecule has 0 saturated carbocycles. The Morgan fingerprint density at radius 3 is 2.80 bits per heavy atom. The van der Waals surface area contributed by atoms with Gasteiger partial charge in [0, 0.05) is 11.8 Å². The van der Waals surface area contributed by atoms with E-state index >= 15 is 0 Å². The molecule has 2 heterocycles. The van der Waals surface area contributed by atoms with Gasteiger partial charge in [-0.2, -0.15) is 0 Å². The standard InChI is InChI=1S/C15H13N3O2/c1-2-20-15(19)14-13(11-6-4-3-5-7-11)17-12-8-9-16-10-18(12)14/h3-10H,2H2,1H3. The predicted octanol–water partition coefficient (Wildman–Crippen LogP) is 2.57. The average Bonchev–Trinajstić information content (AvgIpc) is 2.88. The molecule has 5 nitrogen and oxygen atoms in total. The third kappa shape index (κ3) is 2.03. The van der Waals surface area contributed by atoms with Gasteiger partial charge in [-0.3, -0.25) is 4.40 Å². The summed E-state index contributed by atoms with van der Waals surface area (Å²) >= 11 is 0. The predicted molar refractivity (Wildman–Crippen MR) is 74.4 cm³/mol. The lowest BCUT2D eigenvalue weighted by atomic mass is 10.1. The van der Waals surface area contributed by atoms with E-state index in [2.05, 4.69) is 9.97 Å². The van der Waals surface area contributed by atoms with Crippen molar-refractivity contribution in [3.05, 3.63) is 54.6 Å². The van der Waals surface area contributed by atoms with Crippen molar-refractivity contribution >= 4 is 11.6 Å². The third-order valence-corrected chi connectivity index (χ3v) is 2.95. The molecule has 0 N–H and O–H groups in total. The van der Waals surface area contributed by atoms with Gasteiger partial charge in [-0.25, -0.2) is 14.8 Å². The Hall–Kier alpha value is -2.69. The lowest BCUT2D eigenvalue weighted by Crippen LogP contribution is -2.09. The van der Waals surface area contributed by atoms with E-state index in [0.29, 0.717) is 23.6 Å². The van der Waals surface area contributed by atoms with Gasteiger partial charge in [0.25, 0.3) is 0 Å². The lowest BCUT2D eigenvalue weighted by molar-refractivity contribution is 0.0519. The molecule has 0 atom stereocenters. The number of ether oxygens (including phenoxy) is 1. The molecule has 20 heavy (non-hydrogen) atoms. The second-order valence-electron chi connectivity index (χ2n) is 4.20. The Kier molecular flexibility index (Phi) is 3.16. The second kappa shape index (κ2) is 5.13. The number of hydrogen-bond acceptors (Lipinski definition) is 4. The van der Waals surface area contributed by atoms with Crippen molar-refractivity contribution in [2.24, 2.45) is 0 Å². The smallest absolute Gasteiger partial charge is 0.357 e. The first-order chi connectivity index (χ1) is 9.81. The molecular weight excluding hydrogens is 254 g/mol. The van der Waals surface area contributed by atoms with Gasteiger partial charge in [0.2, 0.25) is 0 Å². The summed E-state index contributed by atoms with van der Waals surface area (Å²) in [5, 5.41) is 0. The Labute approximate surface area is 115 Å². The SMILES string of the molecule is CCOC(=O)c1c(-c2ccccc2)nc2ccncn12. The van der Waals surface area contributed by atoms with Crippen molar-refractivity contribution in [3.63, 3.8) is 0 Å². The van der Waals surface area contributed by atoms with Gasteiger partial charge in [0.15, 0.2) is 5.69 Å². The highest BCUT2D eigenvalue weighted by Crippen LogP contribution is 2.24. The summed E-state index contributed by atoms with van der Waals surface area (Å²) in [5.74, 6) is -0.396. The van der Waals surface area contributed by atoms with E-state index in [1.165, 1.54) is 0 Å². The average molecular weight is 267 g/mol. The fourth-order valence-electron chi connectivity index (χ4n) is 2.09. The van der Waals surface area contributed by atoms with Crippen LogP contribution in [0.15, 0.2) is 48.9 Å². The Morgan fingerprint density at radius 2 is 2.05 bits per heavy atom. The molecule has 0 aliphatic carbocycles. The lowest BCUT2D eigenvalue weighted by Gasteiger charge is -2.04. The molecule has 3 rings (SSSR count). The van der Waals surface area contributed by atoms with Crippen LogP contribution in [0.3, 0.4) is 0 Å². The summed E-state index contributed by atoms with van der Waals surface area (Å²) in [4.78, 5) is 20.7. The van der Waals surface area contributed by atoms with Crippen LogP contribution in [0, 0.1) is 0 Å². The maximum atomic E-state index is 12.2. The summed E-state index contributed by atoms with van der Waals surface area (Å²) in [6, 6.07) is 11.3. The van der Waals surface area contributed by atoms with Crippen molar-refractivity contribution in [2.75, 3.05) is 6.61 Å². The van der Waals surface area contributed by atoms with Gasteiger partial charge in [0.05, 0.1) is 6.61 Å². The largest absolute Gasteiger partial charge is 0.461 e. The highest BCUT2D eigenvalue weighted by Gasteiger charge is 2.21. The number of rotatable bonds is 3. The Balaban J connectivity index is 2.25. The zero-order valence-corrected chi connectivity index (χ0v) is 11.0. The monoisotopic (exact) mass is 267 g/mol. The zero-order chi connectivity index (χ0) is 13.9. The van der Waals surface area contributed by atoms with E-state index in [0.717, 1.165) is 5.56 Å². The highest BCUT2D eigenvalue weighted by molar-refractivity contribution is 5.96. The van der Waals surface area contributed by atoms with E-state index in [9.17, 15) is 4.79 Å². The number of carbonyl (C=O) groups excluding carboxylic acids is 1. The first kappa shape index (κ1) is 12.3. The van der Waals surface area contributed by atoms with Crippen LogP contribution in [0.2, 0.25) is 0 Å². The normalized spacial score (nSPS) is 10.7. The molecule has 0 aliphatic heterocycles. The summed E-state index contributed by atoms with van der Waals surface area (Å²) < 4.78 is 6.78. The Bertz CT molecular complexity index is 750. The molecule has 100 valence electrons. The molecule has 0 amide bonds. The minimum absolute atomic E-state index is 0.320. The number of benzene rings is 1. The fourth-order valence-corrected chi connectivity index (χ4v) is 2.09. The molecule has 5 heteroatoms. The van der Waals surface area contributed by atoms with Crippen LogP contribution in [0.25, 0.3) is 16.9 Å². The Morgan fingerprint density at radius 1 is 1.25 bits per heavy atom. The van der Waals surface area contributed by atoms with Crippen molar-refractivity contribution < 1.29 is 9.53 Å². The van der Waals surface area contributed by atoms with Gasteiger partial charge >= 0.3 is 5.97 Å². The van der Waals surface area contributed by atoms with E-state index in [4.69, 9.17) is 4.74 Å². The number of aromatic nitrogens is 3. The highest BCUT2D eigenvalue weighted by atomic mass is 16.5. The number of hydrogen-bond donors (Lipinski definition) is 0. The van der Waals surface area contributed by atoms with Crippen molar-refractivity contribution in [2.45, 2.75) is 6.92 Å². The molecule has 2 aromatic heterocycles. The summed E-state index contributed by atoms with van der Waals surface area (Å²) in [5.41, 5.74) is 2.55. The first-order valence-electron chi connectivity index (χ1n) is 6.36. The maximum Gasteiger partial charge on any atom is 0.357 e. The molecule has 0 bridgehead atoms. The molecule has 0 spiro atoms. The summed E-state index contributed by atoms with van der Waals surface area (Å²) in [6.45, 7) is 2.10. The molecule has 0 radical (unpaired) electrons. The number of nitrogens with zero attached hydrogens (tertiary/aromatic N) is 3. The molecular formula is C15H13N3O2.